The third kappa shape index (κ3) is 4.71. The summed E-state index contributed by atoms with van der Waals surface area (Å²) in [6, 6.07) is 14.6. The molecule has 0 spiro atoms. The molecule has 140 valence electrons. The molecule has 1 saturated heterocycles. The number of carbonyl (C=O) groups excluding carboxylic acids is 2. The lowest BCUT2D eigenvalue weighted by Crippen LogP contribution is -2.37. The van der Waals surface area contributed by atoms with Gasteiger partial charge in [0.2, 0.25) is 0 Å². The third-order valence-electron chi connectivity index (χ3n) is 4.67. The van der Waals surface area contributed by atoms with Gasteiger partial charge in [-0.2, -0.15) is 0 Å². The van der Waals surface area contributed by atoms with Crippen molar-refractivity contribution < 1.29 is 9.59 Å². The van der Waals surface area contributed by atoms with Crippen LogP contribution in [0, 0.1) is 6.92 Å². The Bertz CT molecular complexity index is 860. The van der Waals surface area contributed by atoms with Crippen LogP contribution in [0.25, 0.3) is 0 Å². The highest BCUT2D eigenvalue weighted by atomic mass is 32.1. The van der Waals surface area contributed by atoms with E-state index < -0.39 is 0 Å². The van der Waals surface area contributed by atoms with E-state index in [1.807, 2.05) is 42.2 Å². The van der Waals surface area contributed by atoms with Crippen molar-refractivity contribution in [1.82, 2.24) is 10.2 Å². The molecular formula is C21H23N3O2S. The highest BCUT2D eigenvalue weighted by Crippen LogP contribution is 2.20. The second-order valence-corrected chi connectivity index (χ2v) is 7.03. The molecule has 2 amide bonds. The Morgan fingerprint density at radius 1 is 0.926 bits per heavy atom. The first-order chi connectivity index (χ1) is 13.1. The predicted octanol–water partition coefficient (Wildman–Crippen LogP) is 3.75. The minimum atomic E-state index is -0.273. The molecule has 6 heteroatoms. The summed E-state index contributed by atoms with van der Waals surface area (Å²) in [5.74, 6) is -0.281. The standard InChI is InChI=1S/C21H23N3O2S/c1-15-9-3-4-10-16(15)19(25)23-21(27)22-18-12-6-5-11-17(18)20(26)24-13-7-2-8-14-24/h3-6,9-12H,2,7-8,13-14H2,1H3,(H2,22,23,25,27). The molecule has 0 atom stereocenters. The number of hydrogen-bond donors (Lipinski definition) is 2. The smallest absolute Gasteiger partial charge is 0.257 e. The van der Waals surface area contributed by atoms with Gasteiger partial charge in [0.25, 0.3) is 11.8 Å². The van der Waals surface area contributed by atoms with Gasteiger partial charge in [-0.05, 0) is 62.2 Å². The number of aryl methyl sites for hydroxylation is 1. The van der Waals surface area contributed by atoms with Crippen molar-refractivity contribution in [2.45, 2.75) is 26.2 Å². The largest absolute Gasteiger partial charge is 0.339 e. The average molecular weight is 382 g/mol. The maximum atomic E-state index is 12.8. The number of anilines is 1. The van der Waals surface area contributed by atoms with Gasteiger partial charge in [0.15, 0.2) is 5.11 Å². The van der Waals surface area contributed by atoms with Gasteiger partial charge in [-0.25, -0.2) is 0 Å². The number of likely N-dealkylation sites (tertiary alicyclic amines) is 1. The molecule has 1 fully saturated rings. The van der Waals surface area contributed by atoms with E-state index in [2.05, 4.69) is 10.6 Å². The van der Waals surface area contributed by atoms with Crippen LogP contribution in [-0.4, -0.2) is 34.9 Å². The summed E-state index contributed by atoms with van der Waals surface area (Å²) in [5.41, 5.74) is 2.60. The van der Waals surface area contributed by atoms with Gasteiger partial charge in [-0.3, -0.25) is 14.9 Å². The van der Waals surface area contributed by atoms with Crippen LogP contribution in [0.5, 0.6) is 0 Å². The molecule has 1 aliphatic heterocycles. The van der Waals surface area contributed by atoms with Crippen LogP contribution in [0.3, 0.4) is 0 Å². The molecule has 0 saturated carbocycles. The molecule has 0 aliphatic carbocycles. The van der Waals surface area contributed by atoms with Gasteiger partial charge >= 0.3 is 0 Å². The van der Waals surface area contributed by atoms with E-state index in [1.54, 1.807) is 18.2 Å². The van der Waals surface area contributed by atoms with E-state index in [0.717, 1.165) is 31.5 Å². The number of para-hydroxylation sites is 1. The SMILES string of the molecule is Cc1ccccc1C(=O)NC(=S)Nc1ccccc1C(=O)N1CCCCC1. The van der Waals surface area contributed by atoms with Crippen molar-refractivity contribution in [3.63, 3.8) is 0 Å². The number of thiocarbonyl (C=S) groups is 1. The summed E-state index contributed by atoms with van der Waals surface area (Å²) in [6.07, 6.45) is 3.23. The molecule has 27 heavy (non-hydrogen) atoms. The Morgan fingerprint density at radius 2 is 1.56 bits per heavy atom. The number of carbonyl (C=O) groups is 2. The summed E-state index contributed by atoms with van der Waals surface area (Å²) >= 11 is 5.29. The van der Waals surface area contributed by atoms with Crippen LogP contribution < -0.4 is 10.6 Å². The molecular weight excluding hydrogens is 358 g/mol. The highest BCUT2D eigenvalue weighted by Gasteiger charge is 2.21. The van der Waals surface area contributed by atoms with Gasteiger partial charge in [0.1, 0.15) is 0 Å². The van der Waals surface area contributed by atoms with Gasteiger partial charge in [0.05, 0.1) is 11.3 Å². The van der Waals surface area contributed by atoms with Crippen molar-refractivity contribution in [2.75, 3.05) is 18.4 Å². The highest BCUT2D eigenvalue weighted by molar-refractivity contribution is 7.80. The van der Waals surface area contributed by atoms with Crippen LogP contribution in [0.1, 0.15) is 45.5 Å². The lowest BCUT2D eigenvalue weighted by Gasteiger charge is -2.27. The number of amides is 2. The molecule has 0 bridgehead atoms. The monoisotopic (exact) mass is 381 g/mol. The van der Waals surface area contributed by atoms with Crippen LogP contribution in [0.4, 0.5) is 5.69 Å². The van der Waals surface area contributed by atoms with Crippen molar-refractivity contribution in [2.24, 2.45) is 0 Å². The molecule has 0 unspecified atom stereocenters. The summed E-state index contributed by atoms with van der Waals surface area (Å²) in [6.45, 7) is 3.43. The maximum absolute atomic E-state index is 12.8. The average Bonchev–Trinajstić information content (AvgIpc) is 2.68. The van der Waals surface area contributed by atoms with Gasteiger partial charge < -0.3 is 10.2 Å². The molecule has 2 aromatic carbocycles. The number of nitrogens with one attached hydrogen (secondary N) is 2. The maximum Gasteiger partial charge on any atom is 0.257 e. The second kappa shape index (κ2) is 8.77. The van der Waals surface area contributed by atoms with E-state index in [1.165, 1.54) is 6.42 Å². The molecule has 2 N–H and O–H groups in total. The minimum absolute atomic E-state index is 0.00849. The van der Waals surface area contributed by atoms with Crippen molar-refractivity contribution in [1.29, 1.82) is 0 Å². The summed E-state index contributed by atoms with van der Waals surface area (Å²) in [7, 11) is 0. The fourth-order valence-corrected chi connectivity index (χ4v) is 3.40. The topological polar surface area (TPSA) is 61.4 Å². The van der Waals surface area contributed by atoms with Crippen LogP contribution >= 0.6 is 12.2 Å². The second-order valence-electron chi connectivity index (χ2n) is 6.62. The zero-order valence-electron chi connectivity index (χ0n) is 15.3. The lowest BCUT2D eigenvalue weighted by atomic mass is 10.1. The molecule has 0 aromatic heterocycles. The Balaban J connectivity index is 1.70. The number of benzene rings is 2. The van der Waals surface area contributed by atoms with E-state index in [9.17, 15) is 9.59 Å². The first-order valence-corrected chi connectivity index (χ1v) is 9.53. The Morgan fingerprint density at radius 3 is 2.26 bits per heavy atom. The third-order valence-corrected chi connectivity index (χ3v) is 4.87. The first-order valence-electron chi connectivity index (χ1n) is 9.12. The molecule has 0 radical (unpaired) electrons. The Labute approximate surface area is 164 Å². The summed E-state index contributed by atoms with van der Waals surface area (Å²) in [5, 5.41) is 5.86. The zero-order valence-corrected chi connectivity index (χ0v) is 16.1. The summed E-state index contributed by atoms with van der Waals surface area (Å²) in [4.78, 5) is 27.1. The van der Waals surface area contributed by atoms with Crippen LogP contribution in [0.15, 0.2) is 48.5 Å². The van der Waals surface area contributed by atoms with E-state index in [0.29, 0.717) is 16.8 Å². The van der Waals surface area contributed by atoms with Crippen molar-refractivity contribution >= 4 is 34.8 Å². The van der Waals surface area contributed by atoms with Crippen LogP contribution in [0.2, 0.25) is 0 Å². The molecule has 1 heterocycles. The number of hydrogen-bond acceptors (Lipinski definition) is 3. The van der Waals surface area contributed by atoms with Crippen LogP contribution in [-0.2, 0) is 0 Å². The van der Waals surface area contributed by atoms with Crippen molar-refractivity contribution in [3.8, 4) is 0 Å². The number of nitrogens with zero attached hydrogens (tertiary/aromatic N) is 1. The van der Waals surface area contributed by atoms with E-state index in [-0.39, 0.29) is 16.9 Å². The van der Waals surface area contributed by atoms with E-state index in [4.69, 9.17) is 12.2 Å². The molecule has 3 rings (SSSR count). The minimum Gasteiger partial charge on any atom is -0.339 e. The van der Waals surface area contributed by atoms with Crippen molar-refractivity contribution in [3.05, 3.63) is 65.2 Å². The normalized spacial score (nSPS) is 13.7. The number of piperidine rings is 1. The predicted molar refractivity (Wildman–Crippen MR) is 111 cm³/mol. The zero-order chi connectivity index (χ0) is 19.2. The molecule has 5 nitrogen and oxygen atoms in total. The Hall–Kier alpha value is -2.73. The molecule has 1 aliphatic rings. The van der Waals surface area contributed by atoms with Gasteiger partial charge in [-0.15, -0.1) is 0 Å². The summed E-state index contributed by atoms with van der Waals surface area (Å²) < 4.78 is 0. The fraction of sp³-hybridized carbons (Fsp3) is 0.286. The molecule has 2 aromatic rings. The fourth-order valence-electron chi connectivity index (χ4n) is 3.20. The first kappa shape index (κ1) is 19.0. The number of rotatable bonds is 3. The van der Waals surface area contributed by atoms with E-state index >= 15 is 0 Å². The quantitative estimate of drug-likeness (QED) is 0.795. The van der Waals surface area contributed by atoms with Gasteiger partial charge in [0, 0.05) is 18.7 Å². The lowest BCUT2D eigenvalue weighted by molar-refractivity contribution is 0.0725. The Kier molecular flexibility index (Phi) is 6.19. The van der Waals surface area contributed by atoms with Gasteiger partial charge in [-0.1, -0.05) is 30.3 Å².